The topological polar surface area (TPSA) is 81.0 Å². The van der Waals surface area contributed by atoms with Gasteiger partial charge in [0.1, 0.15) is 8.30 Å². The largest absolute Gasteiger partial charge is 0.481 e. The number of carboxylic acids is 1. The van der Waals surface area contributed by atoms with Crippen molar-refractivity contribution in [2.24, 2.45) is 0 Å². The van der Waals surface area contributed by atoms with E-state index in [1.165, 1.54) is 16.7 Å². The van der Waals surface area contributed by atoms with Crippen LogP contribution in [-0.2, 0) is 17.6 Å². The normalized spacial score (nSPS) is 13.6. The highest BCUT2D eigenvalue weighted by molar-refractivity contribution is 7.52. The molecule has 192 valence electrons. The van der Waals surface area contributed by atoms with Crippen LogP contribution in [0, 0.1) is 20.8 Å². The number of carboxylic acid groups (broad SMARTS) is 1. The number of hydrogen-bond donors (Lipinski definition) is 3. The van der Waals surface area contributed by atoms with Crippen molar-refractivity contribution in [2.75, 3.05) is 17.9 Å². The van der Waals surface area contributed by atoms with Gasteiger partial charge in [-0.3, -0.25) is 4.79 Å². The third-order valence-corrected chi connectivity index (χ3v) is 7.35. The number of fused-ring (bicyclic) bond motifs is 3. The predicted molar refractivity (Wildman–Crippen MR) is 151 cm³/mol. The van der Waals surface area contributed by atoms with Gasteiger partial charge in [0.2, 0.25) is 0 Å². The number of anilines is 1. The molecule has 0 radical (unpaired) electrons. The molecule has 0 aliphatic carbocycles. The van der Waals surface area contributed by atoms with Crippen LogP contribution in [0.5, 0.6) is 0 Å². The maximum Gasteiger partial charge on any atom is 0.307 e. The molecule has 6 heteroatoms. The number of rotatable bonds is 4. The van der Waals surface area contributed by atoms with Crippen LogP contribution in [-0.4, -0.2) is 39.9 Å². The molecule has 0 fully saturated rings. The van der Waals surface area contributed by atoms with Crippen molar-refractivity contribution in [2.45, 2.75) is 60.0 Å². The van der Waals surface area contributed by atoms with Gasteiger partial charge in [0, 0.05) is 12.1 Å². The smallest absolute Gasteiger partial charge is 0.307 e. The maximum absolute atomic E-state index is 11.9. The molecule has 0 aromatic heterocycles. The van der Waals surface area contributed by atoms with Crippen molar-refractivity contribution in [3.8, 4) is 22.3 Å². The van der Waals surface area contributed by atoms with E-state index < -0.39 is 19.9 Å². The van der Waals surface area contributed by atoms with E-state index in [0.29, 0.717) is 6.54 Å². The van der Waals surface area contributed by atoms with Crippen molar-refractivity contribution in [3.63, 3.8) is 0 Å². The Morgan fingerprint density at radius 3 is 2.11 bits per heavy atom. The lowest BCUT2D eigenvalue weighted by Crippen LogP contribution is -2.21. The zero-order valence-corrected chi connectivity index (χ0v) is 23.3. The molecule has 4 rings (SSSR count). The van der Waals surface area contributed by atoms with E-state index in [1.54, 1.807) is 20.8 Å². The van der Waals surface area contributed by atoms with Crippen LogP contribution >= 0.6 is 8.30 Å². The lowest BCUT2D eigenvalue weighted by molar-refractivity contribution is -0.136. The zero-order valence-electron chi connectivity index (χ0n) is 22.4. The molecule has 1 aliphatic heterocycles. The van der Waals surface area contributed by atoms with E-state index in [4.69, 9.17) is 5.11 Å². The third kappa shape index (κ3) is 6.34. The van der Waals surface area contributed by atoms with Crippen molar-refractivity contribution in [3.05, 3.63) is 76.3 Å². The second-order valence-corrected chi connectivity index (χ2v) is 11.9. The molecular weight excluding hydrogens is 469 g/mol. The molecule has 0 spiro atoms. The van der Waals surface area contributed by atoms with Crippen molar-refractivity contribution in [1.82, 2.24) is 0 Å². The third-order valence-electron chi connectivity index (χ3n) is 6.25. The predicted octanol–water partition coefficient (Wildman–Crippen LogP) is 6.65. The Kier molecular flexibility index (Phi) is 8.61. The molecule has 1 unspecified atom stereocenters. The van der Waals surface area contributed by atoms with E-state index >= 15 is 0 Å². The van der Waals surface area contributed by atoms with Gasteiger partial charge in [-0.2, -0.15) is 0 Å². The summed E-state index contributed by atoms with van der Waals surface area (Å²) in [6, 6.07) is 16.7. The summed E-state index contributed by atoms with van der Waals surface area (Å²) in [7, 11) is -1.37. The number of aliphatic hydroxyl groups is 1. The lowest BCUT2D eigenvalue weighted by Gasteiger charge is -2.32. The monoisotopic (exact) mass is 507 g/mol. The highest BCUT2D eigenvalue weighted by Gasteiger charge is 2.30. The molecule has 5 nitrogen and oxygen atoms in total. The number of benzene rings is 3. The minimum absolute atomic E-state index is 0.0499. The minimum Gasteiger partial charge on any atom is -0.481 e. The Labute approximate surface area is 216 Å². The fourth-order valence-corrected chi connectivity index (χ4v) is 5.72. The van der Waals surface area contributed by atoms with Crippen LogP contribution in [0.3, 0.4) is 0 Å². The first kappa shape index (κ1) is 27.9. The maximum atomic E-state index is 11.9. The molecule has 3 aromatic rings. The van der Waals surface area contributed by atoms with Crippen LogP contribution in [0.15, 0.2) is 48.5 Å². The van der Waals surface area contributed by atoms with E-state index in [2.05, 4.69) is 67.0 Å². The first-order valence-electron chi connectivity index (χ1n) is 12.2. The van der Waals surface area contributed by atoms with Gasteiger partial charge in [0.25, 0.3) is 0 Å². The van der Waals surface area contributed by atoms with E-state index in [-0.39, 0.29) is 6.42 Å². The summed E-state index contributed by atoms with van der Waals surface area (Å²) < 4.78 is 2.08. The highest BCUT2D eigenvalue weighted by atomic mass is 31.2. The van der Waals surface area contributed by atoms with Gasteiger partial charge >= 0.3 is 5.97 Å². The van der Waals surface area contributed by atoms with Crippen LogP contribution in [0.2, 0.25) is 0 Å². The van der Waals surface area contributed by atoms with Crippen molar-refractivity contribution < 1.29 is 19.9 Å². The summed E-state index contributed by atoms with van der Waals surface area (Å²) in [5, 5.41) is 18.3. The van der Waals surface area contributed by atoms with Gasteiger partial charge in [-0.05, 0) is 93.6 Å². The van der Waals surface area contributed by atoms with Crippen LogP contribution in [0.1, 0.15) is 48.6 Å². The Hall–Kier alpha value is -2.72. The summed E-state index contributed by atoms with van der Waals surface area (Å²) in [5.74, 6) is -0.848. The SMILES string of the molecule is CC(C)(C)O.Cc1ccc(-c2c(C)c3c(c(C)c2CC(=O)O)N(P(C)O)CCc2ccccc2-3)cc1. The summed E-state index contributed by atoms with van der Waals surface area (Å²) >= 11 is 0. The fraction of sp³-hybridized carbons (Fsp3) is 0.367. The number of aryl methyl sites for hydroxylation is 1. The van der Waals surface area contributed by atoms with Crippen molar-refractivity contribution >= 4 is 20.0 Å². The van der Waals surface area contributed by atoms with Crippen LogP contribution in [0.25, 0.3) is 22.3 Å². The second-order valence-electron chi connectivity index (χ2n) is 10.5. The molecule has 0 bridgehead atoms. The first-order chi connectivity index (χ1) is 16.8. The molecule has 36 heavy (non-hydrogen) atoms. The molecule has 0 saturated heterocycles. The summed E-state index contributed by atoms with van der Waals surface area (Å²) in [6.07, 6.45) is 0.789. The number of carbonyl (C=O) groups is 1. The summed E-state index contributed by atoms with van der Waals surface area (Å²) in [5.41, 5.74) is 10.0. The molecule has 0 amide bonds. The summed E-state index contributed by atoms with van der Waals surface area (Å²) in [6.45, 7) is 13.9. The molecular formula is C30H38NO4P. The van der Waals surface area contributed by atoms with Gasteiger partial charge in [0.05, 0.1) is 17.7 Å². The first-order valence-corrected chi connectivity index (χ1v) is 13.9. The quantitative estimate of drug-likeness (QED) is 0.345. The second kappa shape index (κ2) is 11.1. The fourth-order valence-electron chi connectivity index (χ4n) is 4.79. The Balaban J connectivity index is 0.000000658. The summed E-state index contributed by atoms with van der Waals surface area (Å²) in [4.78, 5) is 22.6. The molecule has 1 atom stereocenters. The van der Waals surface area contributed by atoms with Gasteiger partial charge < -0.3 is 19.8 Å². The zero-order chi connectivity index (χ0) is 26.8. The van der Waals surface area contributed by atoms with Crippen molar-refractivity contribution in [1.29, 1.82) is 0 Å². The van der Waals surface area contributed by atoms with Gasteiger partial charge in [-0.15, -0.1) is 0 Å². The van der Waals surface area contributed by atoms with Gasteiger partial charge in [-0.1, -0.05) is 54.1 Å². The van der Waals surface area contributed by atoms with Gasteiger partial charge in [0.15, 0.2) is 0 Å². The van der Waals surface area contributed by atoms with Crippen LogP contribution < -0.4 is 4.67 Å². The Bertz CT molecular complexity index is 1240. The molecule has 1 aliphatic rings. The average Bonchev–Trinajstić information content (AvgIpc) is 2.95. The van der Waals surface area contributed by atoms with E-state index in [9.17, 15) is 14.8 Å². The molecule has 1 heterocycles. The minimum atomic E-state index is -1.37. The molecule has 3 aromatic carbocycles. The molecule has 3 N–H and O–H groups in total. The average molecular weight is 508 g/mol. The van der Waals surface area contributed by atoms with Crippen LogP contribution in [0.4, 0.5) is 5.69 Å². The number of nitrogens with zero attached hydrogens (tertiary/aromatic N) is 1. The van der Waals surface area contributed by atoms with E-state index in [0.717, 1.165) is 45.5 Å². The van der Waals surface area contributed by atoms with Gasteiger partial charge in [-0.25, -0.2) is 0 Å². The Morgan fingerprint density at radius 1 is 0.972 bits per heavy atom. The molecule has 0 saturated carbocycles. The highest BCUT2D eigenvalue weighted by Crippen LogP contribution is 2.51. The van der Waals surface area contributed by atoms with E-state index in [1.807, 2.05) is 13.6 Å². The number of hydrogen-bond acceptors (Lipinski definition) is 4. The lowest BCUT2D eigenvalue weighted by atomic mass is 9.82. The standard InChI is InChI=1S/C26H28NO3P.C4H10O/c1-16-9-11-20(12-10-16)24-18(3)25-21-8-6-5-7-19(21)13-14-27(31(4)30)26(25)17(2)22(24)15-23(28)29;1-4(2,3)5/h5-12,30H,13-15H2,1-4H3,(H,28,29);5H,1-3H3. The Morgan fingerprint density at radius 2 is 1.56 bits per heavy atom. The number of aliphatic carboxylic acids is 1.